The minimum absolute atomic E-state index is 0.352. The second kappa shape index (κ2) is 8.18. The van der Waals surface area contributed by atoms with Crippen molar-refractivity contribution < 1.29 is 10.2 Å². The predicted molar refractivity (Wildman–Crippen MR) is 98.4 cm³/mol. The number of likely N-dealkylation sites (N-methyl/N-ethyl adjacent to an activating group) is 2. The Morgan fingerprint density at radius 2 is 1.08 bits per heavy atom. The van der Waals surface area contributed by atoms with E-state index in [1.54, 1.807) is 12.1 Å². The highest BCUT2D eigenvalue weighted by Crippen LogP contribution is 2.21. The van der Waals surface area contributed by atoms with Gasteiger partial charge in [0.05, 0.1) is 0 Å². The van der Waals surface area contributed by atoms with E-state index in [0.29, 0.717) is 11.5 Å². The van der Waals surface area contributed by atoms with Gasteiger partial charge in [-0.3, -0.25) is 0 Å². The molecule has 2 aromatic rings. The summed E-state index contributed by atoms with van der Waals surface area (Å²) in [5.74, 6) is 0.705. The molecule has 0 saturated heterocycles. The van der Waals surface area contributed by atoms with Crippen molar-refractivity contribution in [1.82, 2.24) is 9.80 Å². The molecular weight excluding hydrogens is 300 g/mol. The first-order valence-corrected chi connectivity index (χ1v) is 8.29. The summed E-state index contributed by atoms with van der Waals surface area (Å²) in [6, 6.07) is 11.4. The molecule has 24 heavy (non-hydrogen) atoms. The van der Waals surface area contributed by atoms with Crippen LogP contribution in [0.1, 0.15) is 22.3 Å². The molecule has 0 aliphatic heterocycles. The van der Waals surface area contributed by atoms with Crippen molar-refractivity contribution in [1.29, 1.82) is 0 Å². The summed E-state index contributed by atoms with van der Waals surface area (Å²) >= 11 is 0. The molecule has 0 aromatic heterocycles. The molecule has 0 fully saturated rings. The van der Waals surface area contributed by atoms with Crippen LogP contribution < -0.4 is 0 Å². The van der Waals surface area contributed by atoms with Gasteiger partial charge in [0, 0.05) is 37.3 Å². The number of rotatable bonds is 7. The van der Waals surface area contributed by atoms with Crippen molar-refractivity contribution in [2.24, 2.45) is 0 Å². The highest BCUT2D eigenvalue weighted by atomic mass is 16.3. The van der Waals surface area contributed by atoms with Gasteiger partial charge in [0.15, 0.2) is 0 Å². The lowest BCUT2D eigenvalue weighted by molar-refractivity contribution is 0.243. The largest absolute Gasteiger partial charge is 0.508 e. The molecule has 0 saturated carbocycles. The maximum Gasteiger partial charge on any atom is 0.120 e. The van der Waals surface area contributed by atoms with Crippen LogP contribution in [0.2, 0.25) is 0 Å². The minimum atomic E-state index is 0.352. The van der Waals surface area contributed by atoms with E-state index in [9.17, 15) is 10.2 Å². The first kappa shape index (κ1) is 18.3. The molecule has 0 atom stereocenters. The minimum Gasteiger partial charge on any atom is -0.508 e. The van der Waals surface area contributed by atoms with Crippen molar-refractivity contribution in [2.75, 3.05) is 27.2 Å². The number of phenolic OH excluding ortho intramolecular Hbond substituents is 2. The van der Waals surface area contributed by atoms with E-state index in [1.165, 1.54) is 0 Å². The van der Waals surface area contributed by atoms with Gasteiger partial charge in [0.25, 0.3) is 0 Å². The van der Waals surface area contributed by atoms with Crippen LogP contribution in [0.3, 0.4) is 0 Å². The summed E-state index contributed by atoms with van der Waals surface area (Å²) in [6.45, 7) is 7.27. The van der Waals surface area contributed by atoms with Crippen LogP contribution in [0.15, 0.2) is 36.4 Å². The lowest BCUT2D eigenvalue weighted by atomic mass is 10.1. The zero-order valence-electron chi connectivity index (χ0n) is 15.1. The molecule has 2 aromatic carbocycles. The third-order valence-corrected chi connectivity index (χ3v) is 4.21. The number of phenols is 2. The van der Waals surface area contributed by atoms with Gasteiger partial charge in [-0.1, -0.05) is 35.4 Å². The van der Waals surface area contributed by atoms with Crippen molar-refractivity contribution in [3.63, 3.8) is 0 Å². The topological polar surface area (TPSA) is 46.9 Å². The summed E-state index contributed by atoms with van der Waals surface area (Å²) in [5.41, 5.74) is 4.22. The number of nitrogens with zero attached hydrogens (tertiary/aromatic N) is 2. The van der Waals surface area contributed by atoms with Gasteiger partial charge in [-0.05, 0) is 40.1 Å². The highest BCUT2D eigenvalue weighted by molar-refractivity contribution is 5.36. The van der Waals surface area contributed by atoms with Crippen LogP contribution in [0.4, 0.5) is 0 Å². The van der Waals surface area contributed by atoms with Crippen LogP contribution in [-0.4, -0.2) is 47.2 Å². The Hall–Kier alpha value is -2.04. The zero-order chi connectivity index (χ0) is 17.7. The lowest BCUT2D eigenvalue weighted by Gasteiger charge is -2.23. The predicted octanol–water partition coefficient (Wildman–Crippen LogP) is 3.28. The second-order valence-corrected chi connectivity index (χ2v) is 6.74. The van der Waals surface area contributed by atoms with Gasteiger partial charge in [-0.15, -0.1) is 0 Å². The third kappa shape index (κ3) is 5.25. The molecule has 2 N–H and O–H groups in total. The summed E-state index contributed by atoms with van der Waals surface area (Å²) in [4.78, 5) is 4.39. The molecular formula is C20H28N2O2. The molecule has 0 unspecified atom stereocenters. The van der Waals surface area contributed by atoms with Crippen molar-refractivity contribution in [3.8, 4) is 11.5 Å². The summed E-state index contributed by atoms with van der Waals surface area (Å²) in [6.07, 6.45) is 0. The number of hydrogen-bond donors (Lipinski definition) is 2. The second-order valence-electron chi connectivity index (χ2n) is 6.74. The fourth-order valence-electron chi connectivity index (χ4n) is 2.76. The highest BCUT2D eigenvalue weighted by Gasteiger charge is 2.09. The van der Waals surface area contributed by atoms with Gasteiger partial charge in [0.2, 0.25) is 0 Å². The quantitative estimate of drug-likeness (QED) is 0.819. The average Bonchev–Trinajstić information content (AvgIpc) is 2.52. The number of hydrogen-bond acceptors (Lipinski definition) is 4. The Morgan fingerprint density at radius 3 is 1.46 bits per heavy atom. The smallest absolute Gasteiger partial charge is 0.120 e. The van der Waals surface area contributed by atoms with Gasteiger partial charge >= 0.3 is 0 Å². The molecule has 0 heterocycles. The average molecular weight is 328 g/mol. The van der Waals surface area contributed by atoms with Crippen molar-refractivity contribution in [3.05, 3.63) is 58.7 Å². The van der Waals surface area contributed by atoms with Crippen molar-refractivity contribution in [2.45, 2.75) is 26.9 Å². The Morgan fingerprint density at radius 1 is 0.708 bits per heavy atom. The van der Waals surface area contributed by atoms with E-state index in [4.69, 9.17) is 0 Å². The molecule has 4 nitrogen and oxygen atoms in total. The molecule has 4 heteroatoms. The molecule has 0 aliphatic carbocycles. The molecule has 0 spiro atoms. The standard InChI is InChI=1S/C20H28N2O2/c1-15-5-7-19(23)17(11-15)13-21(3)9-10-22(4)14-18-12-16(2)6-8-20(18)24/h5-8,11-12,23-24H,9-10,13-14H2,1-4H3. The van der Waals surface area contributed by atoms with Crippen LogP contribution >= 0.6 is 0 Å². The molecule has 130 valence electrons. The summed E-state index contributed by atoms with van der Waals surface area (Å²) < 4.78 is 0. The van der Waals surface area contributed by atoms with E-state index in [0.717, 1.165) is 48.4 Å². The van der Waals surface area contributed by atoms with Crippen LogP contribution in [0.5, 0.6) is 11.5 Å². The maximum atomic E-state index is 9.95. The van der Waals surface area contributed by atoms with E-state index in [1.807, 2.05) is 38.1 Å². The Bertz CT molecular complexity index is 626. The SMILES string of the molecule is Cc1ccc(O)c(CN(C)CCN(C)Cc2cc(C)ccc2O)c1. The van der Waals surface area contributed by atoms with E-state index in [-0.39, 0.29) is 0 Å². The molecule has 0 bridgehead atoms. The van der Waals surface area contributed by atoms with Crippen LogP contribution in [-0.2, 0) is 13.1 Å². The first-order valence-electron chi connectivity index (χ1n) is 8.29. The Balaban J connectivity index is 1.85. The monoisotopic (exact) mass is 328 g/mol. The Labute approximate surface area is 145 Å². The molecule has 0 aliphatic rings. The molecule has 2 rings (SSSR count). The fraction of sp³-hybridized carbons (Fsp3) is 0.400. The Kier molecular flexibility index (Phi) is 6.23. The fourth-order valence-corrected chi connectivity index (χ4v) is 2.76. The summed E-state index contributed by atoms with van der Waals surface area (Å²) in [5, 5.41) is 19.9. The normalized spacial score (nSPS) is 11.4. The van der Waals surface area contributed by atoms with Gasteiger partial charge in [-0.25, -0.2) is 0 Å². The molecule has 0 radical (unpaired) electrons. The third-order valence-electron chi connectivity index (χ3n) is 4.21. The van der Waals surface area contributed by atoms with E-state index >= 15 is 0 Å². The lowest BCUT2D eigenvalue weighted by Crippen LogP contribution is -2.30. The van der Waals surface area contributed by atoms with Gasteiger partial charge < -0.3 is 20.0 Å². The number of benzene rings is 2. The van der Waals surface area contributed by atoms with Gasteiger partial charge in [0.1, 0.15) is 11.5 Å². The van der Waals surface area contributed by atoms with Crippen molar-refractivity contribution >= 4 is 0 Å². The van der Waals surface area contributed by atoms with Crippen LogP contribution in [0, 0.1) is 13.8 Å². The van der Waals surface area contributed by atoms with Gasteiger partial charge in [-0.2, -0.15) is 0 Å². The molecule has 0 amide bonds. The number of aryl methyl sites for hydroxylation is 2. The van der Waals surface area contributed by atoms with E-state index in [2.05, 4.69) is 23.9 Å². The zero-order valence-corrected chi connectivity index (χ0v) is 15.1. The maximum absolute atomic E-state index is 9.95. The van der Waals surface area contributed by atoms with Crippen LogP contribution in [0.25, 0.3) is 0 Å². The number of aromatic hydroxyl groups is 2. The first-order chi connectivity index (χ1) is 11.3. The summed E-state index contributed by atoms with van der Waals surface area (Å²) in [7, 11) is 4.11. The van der Waals surface area contributed by atoms with E-state index < -0.39 is 0 Å².